The van der Waals surface area contributed by atoms with Gasteiger partial charge in [-0.25, -0.2) is 10.2 Å². The van der Waals surface area contributed by atoms with Crippen LogP contribution in [0.2, 0.25) is 10.0 Å². The molecule has 0 unspecified atom stereocenters. The number of aromatic amines is 1. The molecule has 0 saturated heterocycles. The molecule has 4 aromatic carbocycles. The number of hydrazone groups is 1. The van der Waals surface area contributed by atoms with Gasteiger partial charge in [-0.05, 0) is 64.0 Å². The van der Waals surface area contributed by atoms with Gasteiger partial charge in [-0.3, -0.25) is 4.79 Å². The van der Waals surface area contributed by atoms with Crippen LogP contribution in [0.15, 0.2) is 99.0 Å². The van der Waals surface area contributed by atoms with Gasteiger partial charge in [0.25, 0.3) is 5.91 Å². The molecule has 6 nitrogen and oxygen atoms in total. The molecule has 1 amide bonds. The molecule has 0 aliphatic rings. The van der Waals surface area contributed by atoms with Crippen molar-refractivity contribution in [2.75, 3.05) is 0 Å². The summed E-state index contributed by atoms with van der Waals surface area (Å²) in [7, 11) is 0. The van der Waals surface area contributed by atoms with E-state index in [0.717, 1.165) is 16.5 Å². The average molecular weight is 686 g/mol. The SMILES string of the molecule is O=C(Oc1c(Br)cc(Br)cc1C=NNC(=O)c1[nH]c2ccc(Cl)cc2c1-c1ccccc1)c1ccccc1Cl. The Balaban J connectivity index is 1.45. The number of benzene rings is 4. The summed E-state index contributed by atoms with van der Waals surface area (Å²) >= 11 is 19.3. The van der Waals surface area contributed by atoms with E-state index in [-0.39, 0.29) is 16.3 Å². The molecule has 1 heterocycles. The van der Waals surface area contributed by atoms with Gasteiger partial charge in [-0.1, -0.05) is 81.6 Å². The van der Waals surface area contributed by atoms with Gasteiger partial charge >= 0.3 is 5.97 Å². The maximum atomic E-state index is 13.3. The molecule has 0 aliphatic carbocycles. The fraction of sp³-hybridized carbons (Fsp3) is 0. The number of esters is 1. The Morgan fingerprint density at radius 2 is 1.67 bits per heavy atom. The fourth-order valence-corrected chi connectivity index (χ4v) is 5.74. The lowest BCUT2D eigenvalue weighted by molar-refractivity contribution is 0.0733. The van der Waals surface area contributed by atoms with Gasteiger partial charge in [-0.15, -0.1) is 0 Å². The van der Waals surface area contributed by atoms with Crippen LogP contribution in [0.5, 0.6) is 5.75 Å². The van der Waals surface area contributed by atoms with Gasteiger partial charge in [0.2, 0.25) is 0 Å². The number of fused-ring (bicyclic) bond motifs is 1. The lowest BCUT2D eigenvalue weighted by Gasteiger charge is -2.11. The van der Waals surface area contributed by atoms with E-state index in [9.17, 15) is 9.59 Å². The van der Waals surface area contributed by atoms with E-state index in [1.807, 2.05) is 42.5 Å². The minimum absolute atomic E-state index is 0.214. The van der Waals surface area contributed by atoms with E-state index in [1.54, 1.807) is 42.5 Å². The van der Waals surface area contributed by atoms with Crippen molar-refractivity contribution >= 4 is 84.1 Å². The first kappa shape index (κ1) is 27.1. The third kappa shape index (κ3) is 5.94. The van der Waals surface area contributed by atoms with E-state index < -0.39 is 11.9 Å². The van der Waals surface area contributed by atoms with Crippen molar-refractivity contribution in [2.24, 2.45) is 5.10 Å². The second-order valence-electron chi connectivity index (χ2n) is 8.31. The lowest BCUT2D eigenvalue weighted by atomic mass is 10.0. The Kier molecular flexibility index (Phi) is 8.18. The Hall–Kier alpha value is -3.43. The van der Waals surface area contributed by atoms with Gasteiger partial charge in [0.1, 0.15) is 5.69 Å². The van der Waals surface area contributed by atoms with Crippen molar-refractivity contribution in [1.29, 1.82) is 0 Å². The number of nitrogens with one attached hydrogen (secondary N) is 2. The highest BCUT2D eigenvalue weighted by Crippen LogP contribution is 2.35. The topological polar surface area (TPSA) is 83.5 Å². The number of carbonyl (C=O) groups excluding carboxylic acids is 2. The number of amides is 1. The highest BCUT2D eigenvalue weighted by atomic mass is 79.9. The number of carbonyl (C=O) groups is 2. The zero-order chi connectivity index (χ0) is 27.5. The number of rotatable bonds is 6. The predicted molar refractivity (Wildman–Crippen MR) is 162 cm³/mol. The molecule has 0 atom stereocenters. The van der Waals surface area contributed by atoms with Crippen LogP contribution in [0, 0.1) is 0 Å². The molecular weight excluding hydrogens is 669 g/mol. The van der Waals surface area contributed by atoms with Crippen molar-refractivity contribution in [3.8, 4) is 16.9 Å². The smallest absolute Gasteiger partial charge is 0.345 e. The molecular formula is C29H17Br2Cl2N3O3. The summed E-state index contributed by atoms with van der Waals surface area (Å²) in [5.41, 5.74) is 5.87. The Morgan fingerprint density at radius 1 is 0.923 bits per heavy atom. The van der Waals surface area contributed by atoms with Crippen molar-refractivity contribution in [2.45, 2.75) is 0 Å². The highest BCUT2D eigenvalue weighted by Gasteiger charge is 2.20. The maximum Gasteiger partial charge on any atom is 0.345 e. The first-order valence-corrected chi connectivity index (χ1v) is 13.8. The van der Waals surface area contributed by atoms with Crippen molar-refractivity contribution in [3.63, 3.8) is 0 Å². The number of H-pyrrole nitrogens is 1. The van der Waals surface area contributed by atoms with E-state index in [4.69, 9.17) is 27.9 Å². The van der Waals surface area contributed by atoms with Crippen LogP contribution in [0.3, 0.4) is 0 Å². The van der Waals surface area contributed by atoms with Crippen LogP contribution >= 0.6 is 55.1 Å². The molecule has 10 heteroatoms. The zero-order valence-corrected chi connectivity index (χ0v) is 24.5. The summed E-state index contributed by atoms with van der Waals surface area (Å²) < 4.78 is 6.87. The van der Waals surface area contributed by atoms with Gasteiger partial charge in [0, 0.05) is 31.5 Å². The minimum Gasteiger partial charge on any atom is -0.421 e. The molecule has 1 aromatic heterocycles. The van der Waals surface area contributed by atoms with Crippen LogP contribution in [0.1, 0.15) is 26.4 Å². The van der Waals surface area contributed by atoms with Gasteiger partial charge in [-0.2, -0.15) is 5.10 Å². The molecule has 5 rings (SSSR count). The molecule has 0 fully saturated rings. The number of hydrogen-bond acceptors (Lipinski definition) is 4. The second kappa shape index (κ2) is 11.8. The minimum atomic E-state index is -0.633. The standard InChI is InChI=1S/C29H17Br2Cl2N3O3/c30-18-12-17(27(22(31)13-18)39-29(38)20-8-4-5-9-23(20)33)15-34-36-28(37)26-25(16-6-2-1-3-7-16)21-14-19(32)10-11-24(21)35-26/h1-15,35H,(H,36,37). The fourth-order valence-electron chi connectivity index (χ4n) is 4.01. The molecule has 5 aromatic rings. The summed E-state index contributed by atoms with van der Waals surface area (Å²) in [5.74, 6) is -0.876. The normalized spacial score (nSPS) is 11.2. The largest absolute Gasteiger partial charge is 0.421 e. The number of hydrogen-bond donors (Lipinski definition) is 2. The van der Waals surface area contributed by atoms with E-state index in [1.165, 1.54) is 6.21 Å². The average Bonchev–Trinajstić information content (AvgIpc) is 3.30. The number of ether oxygens (including phenoxy) is 1. The first-order valence-electron chi connectivity index (χ1n) is 11.5. The van der Waals surface area contributed by atoms with Crippen molar-refractivity contribution in [1.82, 2.24) is 10.4 Å². The Morgan fingerprint density at radius 3 is 2.44 bits per heavy atom. The molecule has 0 saturated carbocycles. The lowest BCUT2D eigenvalue weighted by Crippen LogP contribution is -2.19. The number of nitrogens with zero attached hydrogens (tertiary/aromatic N) is 1. The zero-order valence-electron chi connectivity index (χ0n) is 19.8. The summed E-state index contributed by atoms with van der Waals surface area (Å²) in [6.45, 7) is 0. The monoisotopic (exact) mass is 683 g/mol. The third-order valence-corrected chi connectivity index (χ3v) is 7.36. The van der Waals surface area contributed by atoms with Crippen LogP contribution in [0.25, 0.3) is 22.0 Å². The van der Waals surface area contributed by atoms with E-state index in [0.29, 0.717) is 30.8 Å². The van der Waals surface area contributed by atoms with Crippen molar-refractivity contribution in [3.05, 3.63) is 121 Å². The van der Waals surface area contributed by atoms with Crippen LogP contribution in [-0.4, -0.2) is 23.1 Å². The number of halogens is 4. The Bertz CT molecular complexity index is 1750. The van der Waals surface area contributed by atoms with Crippen molar-refractivity contribution < 1.29 is 14.3 Å². The molecule has 2 N–H and O–H groups in total. The third-order valence-electron chi connectivity index (χ3n) is 5.75. The van der Waals surface area contributed by atoms with E-state index in [2.05, 4.69) is 47.4 Å². The summed E-state index contributed by atoms with van der Waals surface area (Å²) in [4.78, 5) is 29.3. The first-order chi connectivity index (χ1) is 18.8. The molecule has 0 aliphatic heterocycles. The van der Waals surface area contributed by atoms with Crippen LogP contribution in [0.4, 0.5) is 0 Å². The number of aromatic nitrogens is 1. The Labute approximate surface area is 250 Å². The van der Waals surface area contributed by atoms with Gasteiger partial charge in [0.05, 0.1) is 21.3 Å². The summed E-state index contributed by atoms with van der Waals surface area (Å²) in [5, 5.41) is 5.79. The van der Waals surface area contributed by atoms with E-state index >= 15 is 0 Å². The highest BCUT2D eigenvalue weighted by molar-refractivity contribution is 9.11. The predicted octanol–water partition coefficient (Wildman–Crippen LogP) is 8.65. The molecule has 194 valence electrons. The van der Waals surface area contributed by atoms with Gasteiger partial charge < -0.3 is 9.72 Å². The second-order valence-corrected chi connectivity index (χ2v) is 10.9. The molecule has 0 radical (unpaired) electrons. The quantitative estimate of drug-likeness (QED) is 0.0812. The van der Waals surface area contributed by atoms with Crippen LogP contribution < -0.4 is 10.2 Å². The molecule has 39 heavy (non-hydrogen) atoms. The molecule has 0 spiro atoms. The molecule has 0 bridgehead atoms. The summed E-state index contributed by atoms with van der Waals surface area (Å²) in [6.07, 6.45) is 1.39. The maximum absolute atomic E-state index is 13.3. The summed E-state index contributed by atoms with van der Waals surface area (Å²) in [6, 6.07) is 25.0. The van der Waals surface area contributed by atoms with Crippen LogP contribution in [-0.2, 0) is 0 Å². The van der Waals surface area contributed by atoms with Gasteiger partial charge in [0.15, 0.2) is 5.75 Å².